The Morgan fingerprint density at radius 3 is 2.46 bits per heavy atom. The van der Waals surface area contributed by atoms with Gasteiger partial charge in [0.05, 0.1) is 53.7 Å². The van der Waals surface area contributed by atoms with E-state index in [9.17, 15) is 14.0 Å². The van der Waals surface area contributed by atoms with Gasteiger partial charge in [0.25, 0.3) is 5.91 Å². The molecule has 0 aliphatic carbocycles. The molecule has 1 fully saturated rings. The van der Waals surface area contributed by atoms with Crippen LogP contribution in [0, 0.1) is 5.82 Å². The standard InChI is InChI=1S/C27H23Cl2FN2O5/c1-35-27(34)20-6-5-16(11-23(20)31-7-9-36-10-8-31)19-4-2-3-17-14-32(15-37-25(17)19)26(33)24-21(28)12-18(30)13-22(24)29/h2-6,11-13H,7-10,14-15H2,1H3. The molecule has 0 radical (unpaired) electrons. The largest absolute Gasteiger partial charge is 0.472 e. The van der Waals surface area contributed by atoms with Gasteiger partial charge in [0.2, 0.25) is 0 Å². The minimum absolute atomic E-state index is 0.0292. The molecular formula is C27H23Cl2FN2O5. The third-order valence-corrected chi connectivity index (χ3v) is 6.99. The fourth-order valence-corrected chi connectivity index (χ4v) is 5.21. The molecule has 0 saturated carbocycles. The summed E-state index contributed by atoms with van der Waals surface area (Å²) < 4.78 is 30.1. The van der Waals surface area contributed by atoms with Crippen LogP contribution in [0.25, 0.3) is 11.1 Å². The van der Waals surface area contributed by atoms with E-state index in [-0.39, 0.29) is 28.9 Å². The molecule has 10 heteroatoms. The lowest BCUT2D eigenvalue weighted by molar-refractivity contribution is 0.0515. The van der Waals surface area contributed by atoms with E-state index in [1.54, 1.807) is 6.07 Å². The first-order valence-electron chi connectivity index (χ1n) is 11.6. The number of rotatable bonds is 4. The molecule has 2 aliphatic rings. The summed E-state index contributed by atoms with van der Waals surface area (Å²) in [7, 11) is 1.36. The van der Waals surface area contributed by atoms with Crippen molar-refractivity contribution in [3.05, 3.63) is 81.1 Å². The summed E-state index contributed by atoms with van der Waals surface area (Å²) in [5, 5.41) is -0.119. The Labute approximate surface area is 223 Å². The maximum Gasteiger partial charge on any atom is 0.339 e. The number of carbonyl (C=O) groups is 2. The number of anilines is 1. The molecule has 1 saturated heterocycles. The quantitative estimate of drug-likeness (QED) is 0.409. The predicted octanol–water partition coefficient (Wildman–Crippen LogP) is 5.42. The van der Waals surface area contributed by atoms with Gasteiger partial charge in [-0.2, -0.15) is 0 Å². The van der Waals surface area contributed by atoms with E-state index in [4.69, 9.17) is 37.4 Å². The van der Waals surface area contributed by atoms with E-state index in [0.29, 0.717) is 37.6 Å². The molecule has 0 N–H and O–H groups in total. The van der Waals surface area contributed by atoms with E-state index in [0.717, 1.165) is 34.5 Å². The summed E-state index contributed by atoms with van der Waals surface area (Å²) in [6, 6.07) is 13.4. The second-order valence-electron chi connectivity index (χ2n) is 8.64. The molecule has 7 nitrogen and oxygen atoms in total. The van der Waals surface area contributed by atoms with Gasteiger partial charge in [0, 0.05) is 24.2 Å². The first kappa shape index (κ1) is 25.3. The van der Waals surface area contributed by atoms with Crippen molar-refractivity contribution >= 4 is 40.8 Å². The summed E-state index contributed by atoms with van der Waals surface area (Å²) in [4.78, 5) is 29.2. The van der Waals surface area contributed by atoms with E-state index in [2.05, 4.69) is 4.90 Å². The number of nitrogens with zero attached hydrogens (tertiary/aromatic N) is 2. The molecule has 2 heterocycles. The highest BCUT2D eigenvalue weighted by Crippen LogP contribution is 2.39. The second kappa shape index (κ2) is 10.6. The van der Waals surface area contributed by atoms with E-state index >= 15 is 0 Å². The second-order valence-corrected chi connectivity index (χ2v) is 9.45. The zero-order valence-electron chi connectivity index (χ0n) is 19.9. The van der Waals surface area contributed by atoms with Crippen molar-refractivity contribution in [2.75, 3.05) is 45.0 Å². The van der Waals surface area contributed by atoms with Crippen molar-refractivity contribution in [3.63, 3.8) is 0 Å². The van der Waals surface area contributed by atoms with Crippen molar-refractivity contribution in [2.45, 2.75) is 6.54 Å². The van der Waals surface area contributed by atoms with Crippen molar-refractivity contribution in [1.82, 2.24) is 4.90 Å². The summed E-state index contributed by atoms with van der Waals surface area (Å²) in [5.41, 5.74) is 3.74. The topological polar surface area (TPSA) is 68.3 Å². The van der Waals surface area contributed by atoms with Gasteiger partial charge in [-0.05, 0) is 29.8 Å². The average molecular weight is 545 g/mol. The Bertz CT molecular complexity index is 1350. The highest BCUT2D eigenvalue weighted by molar-refractivity contribution is 6.39. The molecule has 5 rings (SSSR count). The Balaban J connectivity index is 1.47. The molecular weight excluding hydrogens is 522 g/mol. The summed E-state index contributed by atoms with van der Waals surface area (Å²) >= 11 is 12.2. The van der Waals surface area contributed by atoms with Crippen molar-refractivity contribution in [2.24, 2.45) is 0 Å². The Morgan fingerprint density at radius 1 is 1.03 bits per heavy atom. The van der Waals surface area contributed by atoms with Gasteiger partial charge in [-0.3, -0.25) is 4.79 Å². The summed E-state index contributed by atoms with van der Waals surface area (Å²) in [5.74, 6) is -0.845. The lowest BCUT2D eigenvalue weighted by Crippen LogP contribution is -2.37. The van der Waals surface area contributed by atoms with Gasteiger partial charge in [-0.1, -0.05) is 47.5 Å². The molecule has 0 aromatic heterocycles. The number of halogens is 3. The molecule has 0 bridgehead atoms. The fourth-order valence-electron chi connectivity index (χ4n) is 4.58. The normalized spacial score (nSPS) is 15.1. The minimum atomic E-state index is -0.619. The van der Waals surface area contributed by atoms with Gasteiger partial charge >= 0.3 is 5.97 Å². The number of hydrogen-bond donors (Lipinski definition) is 0. The molecule has 3 aromatic carbocycles. The number of fused-ring (bicyclic) bond motifs is 1. The van der Waals surface area contributed by atoms with Crippen LogP contribution in [0.4, 0.5) is 10.1 Å². The van der Waals surface area contributed by atoms with Gasteiger partial charge in [-0.25, -0.2) is 9.18 Å². The summed E-state index contributed by atoms with van der Waals surface area (Å²) in [6.45, 7) is 2.66. The molecule has 0 unspecified atom stereocenters. The van der Waals surface area contributed by atoms with Gasteiger partial charge in [0.15, 0.2) is 6.73 Å². The number of ether oxygens (including phenoxy) is 3. The predicted molar refractivity (Wildman–Crippen MR) is 138 cm³/mol. The smallest absolute Gasteiger partial charge is 0.339 e. The number of benzene rings is 3. The van der Waals surface area contributed by atoms with Crippen LogP contribution in [0.3, 0.4) is 0 Å². The van der Waals surface area contributed by atoms with Crippen LogP contribution in [0.1, 0.15) is 26.3 Å². The van der Waals surface area contributed by atoms with E-state index < -0.39 is 17.7 Å². The van der Waals surface area contributed by atoms with Crippen molar-refractivity contribution < 1.29 is 28.2 Å². The SMILES string of the molecule is COC(=O)c1ccc(-c2cccc3c2OCN(C(=O)c2c(Cl)cc(F)cc2Cl)C3)cc1N1CCOCC1. The molecule has 192 valence electrons. The number of hydrogen-bond acceptors (Lipinski definition) is 6. The van der Waals surface area contributed by atoms with Crippen LogP contribution < -0.4 is 9.64 Å². The van der Waals surface area contributed by atoms with Gasteiger partial charge in [-0.15, -0.1) is 0 Å². The Hall–Kier alpha value is -3.33. The zero-order chi connectivity index (χ0) is 26.1. The lowest BCUT2D eigenvalue weighted by atomic mass is 9.97. The van der Waals surface area contributed by atoms with Crippen LogP contribution in [-0.4, -0.2) is 56.9 Å². The number of para-hydroxylation sites is 1. The van der Waals surface area contributed by atoms with Gasteiger partial charge < -0.3 is 24.0 Å². The van der Waals surface area contributed by atoms with Crippen molar-refractivity contribution in [3.8, 4) is 16.9 Å². The Morgan fingerprint density at radius 2 is 1.76 bits per heavy atom. The number of morpholine rings is 1. The minimum Gasteiger partial charge on any atom is -0.472 e. The molecule has 0 atom stereocenters. The molecule has 3 aromatic rings. The van der Waals surface area contributed by atoms with Crippen LogP contribution in [-0.2, 0) is 16.0 Å². The number of esters is 1. The number of carbonyl (C=O) groups excluding carboxylic acids is 2. The first-order valence-corrected chi connectivity index (χ1v) is 12.4. The van der Waals surface area contributed by atoms with Crippen molar-refractivity contribution in [1.29, 1.82) is 0 Å². The fraction of sp³-hybridized carbons (Fsp3) is 0.259. The van der Waals surface area contributed by atoms with Crippen LogP contribution >= 0.6 is 23.2 Å². The maximum absolute atomic E-state index is 13.6. The molecule has 37 heavy (non-hydrogen) atoms. The monoisotopic (exact) mass is 544 g/mol. The summed E-state index contributed by atoms with van der Waals surface area (Å²) in [6.07, 6.45) is 0. The number of amides is 1. The van der Waals surface area contributed by atoms with Gasteiger partial charge in [0.1, 0.15) is 11.6 Å². The molecule has 1 amide bonds. The maximum atomic E-state index is 13.6. The first-order chi connectivity index (χ1) is 17.9. The highest BCUT2D eigenvalue weighted by atomic mass is 35.5. The lowest BCUT2D eigenvalue weighted by Gasteiger charge is -2.32. The number of methoxy groups -OCH3 is 1. The molecule has 0 spiro atoms. The third kappa shape index (κ3) is 4.97. The van der Waals surface area contributed by atoms with E-state index in [1.165, 1.54) is 12.0 Å². The zero-order valence-corrected chi connectivity index (χ0v) is 21.4. The van der Waals surface area contributed by atoms with Crippen LogP contribution in [0.2, 0.25) is 10.0 Å². The average Bonchev–Trinajstić information content (AvgIpc) is 2.91. The molecule has 2 aliphatic heterocycles. The third-order valence-electron chi connectivity index (χ3n) is 6.40. The Kier molecular flexibility index (Phi) is 7.24. The van der Waals surface area contributed by atoms with E-state index in [1.807, 2.05) is 30.3 Å². The highest BCUT2D eigenvalue weighted by Gasteiger charge is 2.29. The van der Waals surface area contributed by atoms with Crippen LogP contribution in [0.5, 0.6) is 5.75 Å². The van der Waals surface area contributed by atoms with Crippen LogP contribution in [0.15, 0.2) is 48.5 Å².